The van der Waals surface area contributed by atoms with Crippen LogP contribution in [0.2, 0.25) is 0 Å². The standard InChI is InChI=1S/C68H92O4P2.C30H46NO3P/c1-61(2,3)47-29-37-57(53(41-47)65(13,14)15)69-73(70-58-38-30-48(62(4,5)6)42-54(58)66(16,17)18)51-33-25-45(26-34-51)46-27-35-52(36-28-46)74(71-59-39-31-49(63(7,8)9)43-55(59)67(19,20)21)72-60-40-32-50(64(10,11)12)44-56(60)68(22,23)24;1-27(2,3)19-15-21-22-16-20(28(4,5)6)18-24(30(10,11)12)26(22)34-35(32-14-13-31)33-25(21)23(17-19)29(7,8)9/h25-44H,1-24H3;15-18H,13-14,31H2,1-12H3. The van der Waals surface area contributed by atoms with Crippen molar-refractivity contribution in [2.45, 2.75) is 314 Å². The van der Waals surface area contributed by atoms with Crippen molar-refractivity contribution in [2.75, 3.05) is 13.2 Å². The first-order chi connectivity index (χ1) is 49.5. The molecule has 11 heteroatoms. The molecular weight excluding hydrogens is 1400 g/mol. The van der Waals surface area contributed by atoms with Gasteiger partial charge in [-0.3, -0.25) is 4.52 Å². The number of fused-ring (bicyclic) bond motifs is 3. The normalized spacial score (nSPS) is 13.5. The van der Waals surface area contributed by atoms with Gasteiger partial charge in [-0.2, -0.15) is 0 Å². The lowest BCUT2D eigenvalue weighted by Gasteiger charge is -2.31. The molecular formula is C98H138NO7P3. The Morgan fingerprint density at radius 1 is 0.266 bits per heavy atom. The zero-order valence-corrected chi connectivity index (χ0v) is 76.7. The number of hydrogen-bond acceptors (Lipinski definition) is 8. The molecule has 0 radical (unpaired) electrons. The molecule has 592 valence electrons. The van der Waals surface area contributed by atoms with Gasteiger partial charge in [-0.05, 0) is 170 Å². The van der Waals surface area contributed by atoms with Gasteiger partial charge in [0.05, 0.1) is 17.2 Å². The van der Waals surface area contributed by atoms with E-state index in [1.807, 2.05) is 0 Å². The maximum absolute atomic E-state index is 7.20. The van der Waals surface area contributed by atoms with Crippen LogP contribution in [0, 0.1) is 0 Å². The number of hydrogen-bond donors (Lipinski definition) is 1. The van der Waals surface area contributed by atoms with Crippen molar-refractivity contribution in [3.8, 4) is 34.1 Å². The first kappa shape index (κ1) is 88.2. The highest BCUT2D eigenvalue weighted by Gasteiger charge is 2.35. The third-order valence-electron chi connectivity index (χ3n) is 20.3. The summed E-state index contributed by atoms with van der Waals surface area (Å²) < 4.78 is 48.1. The molecule has 0 aliphatic rings. The van der Waals surface area contributed by atoms with Crippen LogP contribution in [0.25, 0.3) is 33.1 Å². The Kier molecular flexibility index (Phi) is 25.8. The van der Waals surface area contributed by atoms with Gasteiger partial charge in [-0.15, -0.1) is 0 Å². The van der Waals surface area contributed by atoms with Crippen molar-refractivity contribution in [3.63, 3.8) is 0 Å². The predicted molar refractivity (Wildman–Crippen MR) is 474 cm³/mol. The van der Waals surface area contributed by atoms with Gasteiger partial charge in [-0.1, -0.05) is 334 Å². The molecule has 109 heavy (non-hydrogen) atoms. The van der Waals surface area contributed by atoms with Crippen molar-refractivity contribution in [1.82, 2.24) is 0 Å². The molecule has 0 fully saturated rings. The molecule has 0 bridgehead atoms. The molecule has 9 aromatic rings. The van der Waals surface area contributed by atoms with E-state index < -0.39 is 25.0 Å². The lowest BCUT2D eigenvalue weighted by atomic mass is 9.77. The van der Waals surface area contributed by atoms with Crippen LogP contribution in [0.1, 0.15) is 316 Å². The maximum Gasteiger partial charge on any atom is 0.387 e. The van der Waals surface area contributed by atoms with E-state index in [0.29, 0.717) is 13.2 Å². The number of benzene rings is 8. The van der Waals surface area contributed by atoms with Gasteiger partial charge in [0.1, 0.15) is 34.2 Å². The van der Waals surface area contributed by atoms with Crippen LogP contribution in [0.15, 0.2) is 154 Å². The van der Waals surface area contributed by atoms with Gasteiger partial charge >= 0.3 is 25.0 Å². The predicted octanol–water partition coefficient (Wildman–Crippen LogP) is 28.8. The zero-order chi connectivity index (χ0) is 81.9. The minimum absolute atomic E-state index is 0.00545. The molecule has 0 saturated heterocycles. The molecule has 0 saturated carbocycles. The fraction of sp³-hybridized carbons (Fsp3) is 0.510. The summed E-state index contributed by atoms with van der Waals surface area (Å²) in [7, 11) is -4.91. The topological polar surface area (TPSA) is 98.5 Å². The van der Waals surface area contributed by atoms with E-state index in [1.54, 1.807) is 0 Å². The van der Waals surface area contributed by atoms with E-state index in [0.717, 1.165) is 88.9 Å². The Bertz CT molecular complexity index is 4250. The second-order valence-electron chi connectivity index (χ2n) is 42.6. The molecule has 9 rings (SSSR count). The minimum Gasteiger partial charge on any atom is -0.435 e. The van der Waals surface area contributed by atoms with Gasteiger partial charge in [0.15, 0.2) is 0 Å². The van der Waals surface area contributed by atoms with Crippen LogP contribution in [0.4, 0.5) is 0 Å². The highest BCUT2D eigenvalue weighted by molar-refractivity contribution is 7.57. The summed E-state index contributed by atoms with van der Waals surface area (Å²) in [5.41, 5.74) is 23.4. The third-order valence-corrected chi connectivity index (χ3v) is 24.2. The molecule has 0 spiro atoms. The van der Waals surface area contributed by atoms with Crippen LogP contribution in [0.5, 0.6) is 23.0 Å². The second-order valence-corrected chi connectivity index (χ2v) is 46.5. The van der Waals surface area contributed by atoms with Gasteiger partial charge in [-0.25, -0.2) is 0 Å². The molecule has 1 heterocycles. The molecule has 0 unspecified atom stereocenters. The monoisotopic (exact) mass is 1530 g/mol. The fourth-order valence-corrected chi connectivity index (χ4v) is 16.7. The zero-order valence-electron chi connectivity index (χ0n) is 74.0. The maximum atomic E-state index is 7.20. The van der Waals surface area contributed by atoms with Crippen molar-refractivity contribution < 1.29 is 31.0 Å². The Hall–Kier alpha value is -6.36. The molecule has 0 atom stereocenters. The molecule has 1 aromatic heterocycles. The highest BCUT2D eigenvalue weighted by atomic mass is 31.2. The number of nitrogens with two attached hydrogens (primary N) is 1. The van der Waals surface area contributed by atoms with Crippen LogP contribution < -0.4 is 39.0 Å². The third kappa shape index (κ3) is 22.1. The fourth-order valence-electron chi connectivity index (χ4n) is 13.0. The summed E-state index contributed by atoms with van der Waals surface area (Å²) in [6.45, 7) is 82.1. The van der Waals surface area contributed by atoms with E-state index >= 15 is 0 Å². The van der Waals surface area contributed by atoms with Crippen LogP contribution in [-0.2, 0) is 65.0 Å². The van der Waals surface area contributed by atoms with Gasteiger partial charge < -0.3 is 32.2 Å². The van der Waals surface area contributed by atoms with Crippen molar-refractivity contribution >= 4 is 57.5 Å². The molecule has 2 N–H and O–H groups in total. The SMILES string of the molecule is CC(C)(C)c1cc(C(C)(C)C)c2op(OCCN)oc3c(C(C)(C)C)cc(C(C)(C)C)cc3c2c1.CC(C)(C)c1ccc(OP(Oc2ccc(C(C)(C)C)cc2C(C)(C)C)c2ccc(-c3ccc(P(Oc4ccc(C(C)(C)C)cc4C(C)(C)C)Oc4ccc(C(C)(C)C)cc4C(C)(C)C)cc3)cc2)c(C(C)(C)C)c1. The molecule has 8 nitrogen and oxygen atoms in total. The quantitative estimate of drug-likeness (QED) is 0.108. The average molecular weight is 1540 g/mol. The minimum atomic E-state index is -1.66. The second kappa shape index (κ2) is 31.9. The Morgan fingerprint density at radius 2 is 0.486 bits per heavy atom. The lowest BCUT2D eigenvalue weighted by molar-refractivity contribution is 0.380. The van der Waals surface area contributed by atoms with E-state index in [1.165, 1.54) is 44.5 Å². The summed E-state index contributed by atoms with van der Waals surface area (Å²) in [6.07, 6.45) is 0. The van der Waals surface area contributed by atoms with Crippen molar-refractivity contribution in [3.05, 3.63) is 212 Å². The van der Waals surface area contributed by atoms with Crippen LogP contribution >= 0.6 is 25.0 Å². The van der Waals surface area contributed by atoms with E-state index in [4.69, 9.17) is 36.7 Å². The summed E-state index contributed by atoms with van der Waals surface area (Å²) in [4.78, 5) is 0. The summed E-state index contributed by atoms with van der Waals surface area (Å²) in [6, 6.07) is 53.5. The van der Waals surface area contributed by atoms with Crippen LogP contribution in [0.3, 0.4) is 0 Å². The summed E-state index contributed by atoms with van der Waals surface area (Å²) in [5.74, 6) is 3.39. The van der Waals surface area contributed by atoms with Gasteiger partial charge in [0.25, 0.3) is 0 Å². The van der Waals surface area contributed by atoms with Crippen molar-refractivity contribution in [1.29, 1.82) is 0 Å². The molecule has 0 aliphatic carbocycles. The largest absolute Gasteiger partial charge is 0.435 e. The van der Waals surface area contributed by atoms with E-state index in [2.05, 4.69) is 395 Å². The molecule has 0 amide bonds. The van der Waals surface area contributed by atoms with Crippen molar-refractivity contribution in [2.24, 2.45) is 5.73 Å². The summed E-state index contributed by atoms with van der Waals surface area (Å²) in [5, 5.41) is 4.14. The highest BCUT2D eigenvalue weighted by Crippen LogP contribution is 2.52. The molecule has 8 aromatic carbocycles. The van der Waals surface area contributed by atoms with Gasteiger partial charge in [0.2, 0.25) is 0 Å². The Balaban J connectivity index is 0.000000355. The summed E-state index contributed by atoms with van der Waals surface area (Å²) >= 11 is 0. The van der Waals surface area contributed by atoms with Crippen LogP contribution in [-0.4, -0.2) is 13.2 Å². The Labute approximate surface area is 664 Å². The average Bonchev–Trinajstić information content (AvgIpc) is 1.66. The van der Waals surface area contributed by atoms with E-state index in [-0.39, 0.29) is 65.0 Å². The van der Waals surface area contributed by atoms with E-state index in [9.17, 15) is 0 Å². The molecule has 0 aliphatic heterocycles. The smallest absolute Gasteiger partial charge is 0.387 e. The first-order valence-corrected chi connectivity index (χ1v) is 43.0. The lowest BCUT2D eigenvalue weighted by Crippen LogP contribution is -2.20. The number of rotatable bonds is 14. The Morgan fingerprint density at radius 3 is 0.688 bits per heavy atom. The van der Waals surface area contributed by atoms with Gasteiger partial charge in [0, 0.05) is 50.7 Å². The first-order valence-electron chi connectivity index (χ1n) is 39.6.